The number of anilines is 1. The number of amides is 1. The van der Waals surface area contributed by atoms with Gasteiger partial charge in [-0.05, 0) is 36.7 Å². The van der Waals surface area contributed by atoms with Crippen LogP contribution in [0.2, 0.25) is 0 Å². The summed E-state index contributed by atoms with van der Waals surface area (Å²) in [5, 5.41) is 2.78. The van der Waals surface area contributed by atoms with Crippen LogP contribution in [0, 0.1) is 5.92 Å². The lowest BCUT2D eigenvalue weighted by Gasteiger charge is -2.12. The molecule has 0 aliphatic rings. The predicted octanol–water partition coefficient (Wildman–Crippen LogP) is 1.79. The SMILES string of the molecule is CCC(CN)CC(=O)Nc1ccc(C(=O)OC)cc1. The van der Waals surface area contributed by atoms with Crippen LogP contribution in [0.1, 0.15) is 30.1 Å². The van der Waals surface area contributed by atoms with Crippen molar-refractivity contribution in [1.82, 2.24) is 0 Å². The molecule has 5 nitrogen and oxygen atoms in total. The fraction of sp³-hybridized carbons (Fsp3) is 0.429. The molecule has 0 fully saturated rings. The maximum atomic E-state index is 11.8. The fourth-order valence-corrected chi connectivity index (χ4v) is 1.68. The number of carbonyl (C=O) groups is 2. The highest BCUT2D eigenvalue weighted by Gasteiger charge is 2.11. The Hall–Kier alpha value is -1.88. The van der Waals surface area contributed by atoms with E-state index < -0.39 is 5.97 Å². The van der Waals surface area contributed by atoms with Crippen molar-refractivity contribution in [3.8, 4) is 0 Å². The summed E-state index contributed by atoms with van der Waals surface area (Å²) < 4.78 is 4.60. The van der Waals surface area contributed by atoms with Gasteiger partial charge in [0.15, 0.2) is 0 Å². The minimum absolute atomic E-state index is 0.0666. The average molecular weight is 264 g/mol. The van der Waals surface area contributed by atoms with Gasteiger partial charge in [0.1, 0.15) is 0 Å². The first-order chi connectivity index (χ1) is 9.10. The van der Waals surface area contributed by atoms with Crippen molar-refractivity contribution in [1.29, 1.82) is 0 Å². The molecule has 5 heteroatoms. The number of esters is 1. The number of methoxy groups -OCH3 is 1. The Morgan fingerprint density at radius 3 is 2.42 bits per heavy atom. The third kappa shape index (κ3) is 4.71. The van der Waals surface area contributed by atoms with Crippen LogP contribution in [0.5, 0.6) is 0 Å². The van der Waals surface area contributed by atoms with Crippen LogP contribution in [0.25, 0.3) is 0 Å². The molecule has 1 rings (SSSR count). The monoisotopic (exact) mass is 264 g/mol. The summed E-state index contributed by atoms with van der Waals surface area (Å²) >= 11 is 0. The van der Waals surface area contributed by atoms with Crippen molar-refractivity contribution < 1.29 is 14.3 Å². The molecule has 0 aromatic heterocycles. The first-order valence-electron chi connectivity index (χ1n) is 6.29. The average Bonchev–Trinajstić information content (AvgIpc) is 2.44. The summed E-state index contributed by atoms with van der Waals surface area (Å²) in [5.74, 6) is -0.260. The summed E-state index contributed by atoms with van der Waals surface area (Å²) in [6.45, 7) is 2.52. The zero-order chi connectivity index (χ0) is 14.3. The molecule has 1 aromatic carbocycles. The topological polar surface area (TPSA) is 81.4 Å². The van der Waals surface area contributed by atoms with Crippen LogP contribution in [-0.4, -0.2) is 25.5 Å². The van der Waals surface area contributed by atoms with Crippen molar-refractivity contribution >= 4 is 17.6 Å². The Morgan fingerprint density at radius 2 is 1.95 bits per heavy atom. The van der Waals surface area contributed by atoms with Crippen LogP contribution < -0.4 is 11.1 Å². The number of hydrogen-bond donors (Lipinski definition) is 2. The van der Waals surface area contributed by atoms with Gasteiger partial charge in [-0.25, -0.2) is 4.79 Å². The number of rotatable bonds is 6. The molecule has 0 heterocycles. The van der Waals surface area contributed by atoms with E-state index in [4.69, 9.17) is 5.73 Å². The van der Waals surface area contributed by atoms with Crippen molar-refractivity contribution in [3.05, 3.63) is 29.8 Å². The summed E-state index contributed by atoms with van der Waals surface area (Å²) in [4.78, 5) is 23.0. The highest BCUT2D eigenvalue weighted by molar-refractivity contribution is 5.93. The Bertz CT molecular complexity index is 425. The smallest absolute Gasteiger partial charge is 0.337 e. The maximum absolute atomic E-state index is 11.8. The van der Waals surface area contributed by atoms with E-state index in [1.54, 1.807) is 24.3 Å². The molecule has 0 bridgehead atoms. The van der Waals surface area contributed by atoms with E-state index in [1.807, 2.05) is 6.92 Å². The van der Waals surface area contributed by atoms with Gasteiger partial charge in [-0.1, -0.05) is 13.3 Å². The van der Waals surface area contributed by atoms with E-state index >= 15 is 0 Å². The van der Waals surface area contributed by atoms with Crippen molar-refractivity contribution in [2.45, 2.75) is 19.8 Å². The van der Waals surface area contributed by atoms with Gasteiger partial charge in [0.2, 0.25) is 5.91 Å². The predicted molar refractivity (Wildman–Crippen MR) is 73.9 cm³/mol. The molecule has 1 atom stereocenters. The summed E-state index contributed by atoms with van der Waals surface area (Å²) in [6.07, 6.45) is 1.29. The number of nitrogens with two attached hydrogens (primary N) is 1. The lowest BCUT2D eigenvalue weighted by molar-refractivity contribution is -0.117. The van der Waals surface area contributed by atoms with Gasteiger partial charge in [-0.15, -0.1) is 0 Å². The quantitative estimate of drug-likeness (QED) is 0.767. The van der Waals surface area contributed by atoms with Crippen molar-refractivity contribution in [2.75, 3.05) is 19.0 Å². The van der Waals surface area contributed by atoms with E-state index in [0.717, 1.165) is 6.42 Å². The van der Waals surface area contributed by atoms with Gasteiger partial charge in [-0.3, -0.25) is 4.79 Å². The number of benzene rings is 1. The molecule has 0 spiro atoms. The van der Waals surface area contributed by atoms with E-state index in [2.05, 4.69) is 10.1 Å². The second-order valence-corrected chi connectivity index (χ2v) is 4.33. The standard InChI is InChI=1S/C14H20N2O3/c1-3-10(9-15)8-13(17)16-12-6-4-11(5-7-12)14(18)19-2/h4-7,10H,3,8-9,15H2,1-2H3,(H,16,17). The number of carbonyl (C=O) groups excluding carboxylic acids is 2. The molecule has 0 saturated carbocycles. The zero-order valence-electron chi connectivity index (χ0n) is 11.3. The zero-order valence-corrected chi connectivity index (χ0v) is 11.3. The second kappa shape index (κ2) is 7.53. The lowest BCUT2D eigenvalue weighted by Crippen LogP contribution is -2.21. The van der Waals surface area contributed by atoms with Gasteiger partial charge in [0, 0.05) is 12.1 Å². The molecule has 1 aromatic rings. The van der Waals surface area contributed by atoms with Crippen LogP contribution in [0.15, 0.2) is 24.3 Å². The highest BCUT2D eigenvalue weighted by Crippen LogP contribution is 2.13. The molecule has 0 aliphatic heterocycles. The molecule has 0 radical (unpaired) electrons. The van der Waals surface area contributed by atoms with E-state index in [-0.39, 0.29) is 11.8 Å². The highest BCUT2D eigenvalue weighted by atomic mass is 16.5. The Kier molecular flexibility index (Phi) is 6.02. The molecule has 0 saturated heterocycles. The third-order valence-corrected chi connectivity index (χ3v) is 2.97. The largest absolute Gasteiger partial charge is 0.465 e. The first kappa shape index (κ1) is 15.2. The maximum Gasteiger partial charge on any atom is 0.337 e. The Morgan fingerprint density at radius 1 is 1.32 bits per heavy atom. The van der Waals surface area contributed by atoms with Gasteiger partial charge in [0.25, 0.3) is 0 Å². The number of hydrogen-bond acceptors (Lipinski definition) is 4. The lowest BCUT2D eigenvalue weighted by atomic mass is 10.0. The molecular formula is C14H20N2O3. The normalized spacial score (nSPS) is 11.7. The van der Waals surface area contributed by atoms with Crippen molar-refractivity contribution in [3.63, 3.8) is 0 Å². The van der Waals surface area contributed by atoms with Gasteiger partial charge in [0.05, 0.1) is 12.7 Å². The van der Waals surface area contributed by atoms with E-state index in [9.17, 15) is 9.59 Å². The van der Waals surface area contributed by atoms with Gasteiger partial charge < -0.3 is 15.8 Å². The Balaban J connectivity index is 2.58. The van der Waals surface area contributed by atoms with E-state index in [1.165, 1.54) is 7.11 Å². The molecule has 0 aliphatic carbocycles. The third-order valence-electron chi connectivity index (χ3n) is 2.97. The molecule has 1 unspecified atom stereocenters. The molecule has 3 N–H and O–H groups in total. The molecular weight excluding hydrogens is 244 g/mol. The Labute approximate surface area is 113 Å². The number of ether oxygens (including phenoxy) is 1. The van der Waals surface area contributed by atoms with Crippen LogP contribution in [0.4, 0.5) is 5.69 Å². The van der Waals surface area contributed by atoms with Gasteiger partial charge in [-0.2, -0.15) is 0 Å². The second-order valence-electron chi connectivity index (χ2n) is 4.33. The van der Waals surface area contributed by atoms with Gasteiger partial charge >= 0.3 is 5.97 Å². The summed E-state index contributed by atoms with van der Waals surface area (Å²) in [7, 11) is 1.33. The van der Waals surface area contributed by atoms with Crippen LogP contribution in [-0.2, 0) is 9.53 Å². The van der Waals surface area contributed by atoms with Crippen molar-refractivity contribution in [2.24, 2.45) is 11.7 Å². The summed E-state index contributed by atoms with van der Waals surface area (Å²) in [5.41, 5.74) is 6.67. The summed E-state index contributed by atoms with van der Waals surface area (Å²) in [6, 6.07) is 6.57. The minimum atomic E-state index is -0.396. The minimum Gasteiger partial charge on any atom is -0.465 e. The first-order valence-corrected chi connectivity index (χ1v) is 6.29. The van der Waals surface area contributed by atoms with Crippen LogP contribution in [0.3, 0.4) is 0 Å². The molecule has 19 heavy (non-hydrogen) atoms. The fourth-order valence-electron chi connectivity index (χ4n) is 1.68. The number of nitrogens with one attached hydrogen (secondary N) is 1. The molecule has 104 valence electrons. The van der Waals surface area contributed by atoms with Crippen LogP contribution >= 0.6 is 0 Å². The van der Waals surface area contributed by atoms with E-state index in [0.29, 0.717) is 24.2 Å². The molecule has 1 amide bonds.